The van der Waals surface area contributed by atoms with Gasteiger partial charge in [0.05, 0.1) is 5.02 Å². The van der Waals surface area contributed by atoms with Crippen molar-refractivity contribution >= 4 is 28.4 Å². The lowest BCUT2D eigenvalue weighted by Gasteiger charge is -2.38. The summed E-state index contributed by atoms with van der Waals surface area (Å²) in [7, 11) is 0. The van der Waals surface area contributed by atoms with Crippen LogP contribution in [0.15, 0.2) is 29.1 Å². The van der Waals surface area contributed by atoms with Gasteiger partial charge in [0.2, 0.25) is 0 Å². The molecular weight excluding hydrogens is 323 g/mol. The number of rotatable bonds is 2. The number of H-pyrrole nitrogens is 3. The van der Waals surface area contributed by atoms with E-state index in [2.05, 4.69) is 15.2 Å². The van der Waals surface area contributed by atoms with Crippen molar-refractivity contribution in [2.45, 2.75) is 5.92 Å². The van der Waals surface area contributed by atoms with Crippen molar-refractivity contribution in [2.24, 2.45) is 0 Å². The van der Waals surface area contributed by atoms with E-state index in [9.17, 15) is 14.0 Å². The molecule has 1 aliphatic heterocycles. The molecule has 8 heteroatoms. The van der Waals surface area contributed by atoms with Crippen LogP contribution in [0, 0.1) is 5.82 Å². The largest absolute Gasteiger partial charge is 0.349 e. The maximum absolute atomic E-state index is 13.3. The summed E-state index contributed by atoms with van der Waals surface area (Å²) >= 11 is 6.21. The number of halogens is 2. The van der Waals surface area contributed by atoms with E-state index < -0.39 is 5.82 Å². The zero-order chi connectivity index (χ0) is 16.1. The number of benzene rings is 1. The monoisotopic (exact) mass is 334 g/mol. The molecule has 0 unspecified atom stereocenters. The smallest absolute Gasteiger partial charge is 0.271 e. The Morgan fingerprint density at radius 2 is 2.04 bits per heavy atom. The molecule has 0 spiro atoms. The Labute approximate surface area is 134 Å². The average molecular weight is 335 g/mol. The number of fused-ring (bicyclic) bond motifs is 1. The van der Waals surface area contributed by atoms with E-state index in [1.807, 2.05) is 0 Å². The van der Waals surface area contributed by atoms with Gasteiger partial charge < -0.3 is 15.0 Å². The molecule has 0 atom stereocenters. The van der Waals surface area contributed by atoms with Gasteiger partial charge in [-0.3, -0.25) is 14.7 Å². The molecule has 0 bridgehead atoms. The first-order valence-corrected chi connectivity index (χ1v) is 7.44. The number of aromatic amines is 3. The summed E-state index contributed by atoms with van der Waals surface area (Å²) < 4.78 is 13.3. The van der Waals surface area contributed by atoms with E-state index in [1.54, 1.807) is 11.0 Å². The van der Waals surface area contributed by atoms with Crippen LogP contribution in [-0.4, -0.2) is 39.1 Å². The summed E-state index contributed by atoms with van der Waals surface area (Å²) in [5, 5.41) is 5.99. The number of hydrogen-bond donors (Lipinski definition) is 3. The van der Waals surface area contributed by atoms with E-state index >= 15 is 0 Å². The number of carbonyl (C=O) groups is 1. The van der Waals surface area contributed by atoms with Crippen LogP contribution in [0.5, 0.6) is 0 Å². The molecule has 23 heavy (non-hydrogen) atoms. The van der Waals surface area contributed by atoms with E-state index in [1.165, 1.54) is 18.2 Å². The Morgan fingerprint density at radius 1 is 1.26 bits per heavy atom. The normalized spacial score (nSPS) is 15.1. The second-order valence-electron chi connectivity index (χ2n) is 5.62. The van der Waals surface area contributed by atoms with Gasteiger partial charge in [-0.2, -0.15) is 0 Å². The summed E-state index contributed by atoms with van der Waals surface area (Å²) in [5.41, 5.74) is 1.47. The fraction of sp³-hybridized carbons (Fsp3) is 0.200. The molecule has 1 amide bonds. The molecule has 118 valence electrons. The lowest BCUT2D eigenvalue weighted by molar-refractivity contribution is 0.0593. The van der Waals surface area contributed by atoms with Gasteiger partial charge in [0.25, 0.3) is 11.5 Å². The fourth-order valence-electron chi connectivity index (χ4n) is 2.84. The van der Waals surface area contributed by atoms with Gasteiger partial charge in [-0.05, 0) is 18.2 Å². The van der Waals surface area contributed by atoms with E-state index in [0.29, 0.717) is 24.0 Å². The Kier molecular flexibility index (Phi) is 3.05. The molecule has 0 radical (unpaired) electrons. The molecule has 1 fully saturated rings. The Balaban J connectivity index is 1.56. The third kappa shape index (κ3) is 2.24. The van der Waals surface area contributed by atoms with Crippen LogP contribution >= 0.6 is 11.6 Å². The highest BCUT2D eigenvalue weighted by Crippen LogP contribution is 2.32. The molecule has 6 nitrogen and oxygen atoms in total. The number of nitrogens with zero attached hydrogens (tertiary/aromatic N) is 1. The summed E-state index contributed by atoms with van der Waals surface area (Å²) in [4.78, 5) is 28.2. The molecular formula is C15H12ClFN4O2. The van der Waals surface area contributed by atoms with Crippen molar-refractivity contribution in [1.82, 2.24) is 20.1 Å². The van der Waals surface area contributed by atoms with Gasteiger partial charge in [-0.25, -0.2) is 4.39 Å². The summed E-state index contributed by atoms with van der Waals surface area (Å²) in [6, 6.07) is 5.65. The third-order valence-electron chi connectivity index (χ3n) is 4.14. The summed E-state index contributed by atoms with van der Waals surface area (Å²) in [5.74, 6) is -0.544. The SMILES string of the molecule is O=C(c1[nH]c2ccc(F)cc2c1Cl)N1CC(c2cc(=O)[nH][nH]2)C1. The molecule has 1 aliphatic rings. The Bertz CT molecular complexity index is 967. The minimum atomic E-state index is -0.405. The zero-order valence-electron chi connectivity index (χ0n) is 11.8. The van der Waals surface area contributed by atoms with Crippen molar-refractivity contribution in [3.05, 3.63) is 56.8 Å². The predicted molar refractivity (Wildman–Crippen MR) is 83.3 cm³/mol. The second kappa shape index (κ2) is 4.99. The Hall–Kier alpha value is -2.54. The predicted octanol–water partition coefficient (Wildman–Crippen LogP) is 2.22. The second-order valence-corrected chi connectivity index (χ2v) is 6.00. The van der Waals surface area contributed by atoms with E-state index in [4.69, 9.17) is 11.6 Å². The van der Waals surface area contributed by atoms with Gasteiger partial charge in [-0.1, -0.05) is 11.6 Å². The third-order valence-corrected chi connectivity index (χ3v) is 4.53. The minimum absolute atomic E-state index is 0.0958. The highest BCUT2D eigenvalue weighted by atomic mass is 35.5. The highest BCUT2D eigenvalue weighted by molar-refractivity contribution is 6.38. The minimum Gasteiger partial charge on any atom is -0.349 e. The summed E-state index contributed by atoms with van der Waals surface area (Å²) in [6.45, 7) is 0.985. The van der Waals surface area contributed by atoms with Crippen molar-refractivity contribution < 1.29 is 9.18 Å². The highest BCUT2D eigenvalue weighted by Gasteiger charge is 2.35. The van der Waals surface area contributed by atoms with Gasteiger partial charge in [0.15, 0.2) is 0 Å². The van der Waals surface area contributed by atoms with Crippen molar-refractivity contribution in [3.63, 3.8) is 0 Å². The number of carbonyl (C=O) groups excluding carboxylic acids is 1. The van der Waals surface area contributed by atoms with Crippen LogP contribution in [0.3, 0.4) is 0 Å². The van der Waals surface area contributed by atoms with Crippen LogP contribution in [-0.2, 0) is 0 Å². The lowest BCUT2D eigenvalue weighted by atomic mass is 9.96. The molecule has 3 N–H and O–H groups in total. The first-order valence-electron chi connectivity index (χ1n) is 7.06. The number of nitrogens with one attached hydrogen (secondary N) is 3. The quantitative estimate of drug-likeness (QED) is 0.671. The fourth-order valence-corrected chi connectivity index (χ4v) is 3.13. The number of likely N-dealkylation sites (tertiary alicyclic amines) is 1. The van der Waals surface area contributed by atoms with Gasteiger partial charge >= 0.3 is 0 Å². The van der Waals surface area contributed by atoms with Crippen LogP contribution in [0.2, 0.25) is 5.02 Å². The lowest BCUT2D eigenvalue weighted by Crippen LogP contribution is -2.48. The first-order chi connectivity index (χ1) is 11.0. The van der Waals surface area contributed by atoms with E-state index in [0.717, 1.165) is 5.69 Å². The van der Waals surface area contributed by atoms with Gasteiger partial charge in [0, 0.05) is 41.7 Å². The summed E-state index contributed by atoms with van der Waals surface area (Å²) in [6.07, 6.45) is 0. The van der Waals surface area contributed by atoms with E-state index in [-0.39, 0.29) is 28.1 Å². The molecule has 1 aromatic carbocycles. The molecule has 1 saturated heterocycles. The standard InChI is InChI=1S/C15H12ClFN4O2/c16-13-9-3-8(17)1-2-10(9)18-14(13)15(23)21-5-7(6-21)11-4-12(22)20-19-11/h1-4,7,18H,5-6H2,(H2,19,20,22). The van der Waals surface area contributed by atoms with Crippen LogP contribution in [0.1, 0.15) is 22.1 Å². The molecule has 0 aliphatic carbocycles. The van der Waals surface area contributed by atoms with Crippen LogP contribution in [0.25, 0.3) is 10.9 Å². The maximum Gasteiger partial charge on any atom is 0.271 e. The number of aromatic nitrogens is 3. The molecule has 3 heterocycles. The van der Waals surface area contributed by atoms with Crippen LogP contribution in [0.4, 0.5) is 4.39 Å². The first kappa shape index (κ1) is 14.1. The van der Waals surface area contributed by atoms with Crippen molar-refractivity contribution in [2.75, 3.05) is 13.1 Å². The van der Waals surface area contributed by atoms with Gasteiger partial charge in [-0.15, -0.1) is 0 Å². The molecule has 2 aromatic heterocycles. The molecule has 0 saturated carbocycles. The van der Waals surface area contributed by atoms with Gasteiger partial charge in [0.1, 0.15) is 11.5 Å². The maximum atomic E-state index is 13.3. The van der Waals surface area contributed by atoms with Crippen LogP contribution < -0.4 is 5.56 Å². The topological polar surface area (TPSA) is 84.8 Å². The Morgan fingerprint density at radius 3 is 2.74 bits per heavy atom. The average Bonchev–Trinajstić information content (AvgIpc) is 3.02. The zero-order valence-corrected chi connectivity index (χ0v) is 12.6. The number of amides is 1. The molecule has 4 rings (SSSR count). The van der Waals surface area contributed by atoms with Crippen molar-refractivity contribution in [1.29, 1.82) is 0 Å². The van der Waals surface area contributed by atoms with Crippen molar-refractivity contribution in [3.8, 4) is 0 Å². The number of hydrogen-bond acceptors (Lipinski definition) is 2. The molecule has 3 aromatic rings.